The van der Waals surface area contributed by atoms with Crippen molar-refractivity contribution in [3.8, 4) is 17.3 Å². The Morgan fingerprint density at radius 2 is 1.84 bits per heavy atom. The van der Waals surface area contributed by atoms with Crippen molar-refractivity contribution in [3.63, 3.8) is 0 Å². The average molecular weight is 467 g/mol. The van der Waals surface area contributed by atoms with Crippen LogP contribution in [0.5, 0.6) is 0 Å². The van der Waals surface area contributed by atoms with Crippen LogP contribution >= 0.6 is 11.6 Å². The van der Waals surface area contributed by atoms with Gasteiger partial charge in [-0.25, -0.2) is 23.1 Å². The van der Waals surface area contributed by atoms with Crippen LogP contribution in [0.3, 0.4) is 0 Å². The normalized spacial score (nSPS) is 12.1. The second-order valence-electron chi connectivity index (χ2n) is 7.49. The minimum absolute atomic E-state index is 0.0497. The van der Waals surface area contributed by atoms with E-state index in [4.69, 9.17) is 21.6 Å². The number of hydrogen-bond acceptors (Lipinski definition) is 6. The number of pyridine rings is 2. The maximum absolute atomic E-state index is 12.9. The third kappa shape index (κ3) is 3.25. The van der Waals surface area contributed by atoms with E-state index in [1.165, 1.54) is 0 Å². The fourth-order valence-corrected chi connectivity index (χ4v) is 4.88. The summed E-state index contributed by atoms with van der Waals surface area (Å²) in [5, 5.41) is 5.91. The molecule has 5 aromatic rings. The Hall–Kier alpha value is -3.30. The van der Waals surface area contributed by atoms with Gasteiger partial charge in [0.2, 0.25) is 0 Å². The van der Waals surface area contributed by atoms with E-state index in [1.54, 1.807) is 52.8 Å². The Morgan fingerprint density at radius 1 is 1.03 bits per heavy atom. The van der Waals surface area contributed by atoms with E-state index in [0.29, 0.717) is 16.7 Å². The maximum atomic E-state index is 12.9. The summed E-state index contributed by atoms with van der Waals surface area (Å²) < 4.78 is 29.2. The van der Waals surface area contributed by atoms with Crippen LogP contribution in [0.2, 0.25) is 5.02 Å². The van der Waals surface area contributed by atoms with Crippen molar-refractivity contribution in [1.29, 1.82) is 0 Å². The van der Waals surface area contributed by atoms with Gasteiger partial charge >= 0.3 is 0 Å². The molecule has 0 fully saturated rings. The Morgan fingerprint density at radius 3 is 2.62 bits per heavy atom. The van der Waals surface area contributed by atoms with Crippen LogP contribution in [-0.4, -0.2) is 43.5 Å². The summed E-state index contributed by atoms with van der Waals surface area (Å²) in [5.74, 6) is 0.857. The average Bonchev–Trinajstić information content (AvgIpc) is 3.33. The predicted octanol–water partition coefficient (Wildman–Crippen LogP) is 4.12. The first-order valence-corrected chi connectivity index (χ1v) is 12.0. The lowest BCUT2D eigenvalue weighted by Gasteiger charge is -2.11. The lowest BCUT2D eigenvalue weighted by atomic mass is 10.2. The van der Waals surface area contributed by atoms with Crippen LogP contribution in [0.4, 0.5) is 0 Å². The van der Waals surface area contributed by atoms with E-state index in [2.05, 4.69) is 10.1 Å². The number of aryl methyl sites for hydroxylation is 2. The van der Waals surface area contributed by atoms with E-state index < -0.39 is 9.84 Å². The van der Waals surface area contributed by atoms with Gasteiger partial charge in [-0.15, -0.1) is 0 Å². The van der Waals surface area contributed by atoms with Gasteiger partial charge in [0.1, 0.15) is 5.69 Å². The highest BCUT2D eigenvalue weighted by Crippen LogP contribution is 2.30. The minimum Gasteiger partial charge on any atom is -0.324 e. The predicted molar refractivity (Wildman–Crippen MR) is 124 cm³/mol. The minimum atomic E-state index is -3.56. The highest BCUT2D eigenvalue weighted by molar-refractivity contribution is 7.91. The Labute approximate surface area is 189 Å². The molecule has 0 N–H and O–H groups in total. The molecule has 0 spiro atoms. The zero-order chi connectivity index (χ0) is 22.6. The molecule has 0 unspecified atom stereocenters. The molecule has 1 aromatic carbocycles. The van der Waals surface area contributed by atoms with Crippen LogP contribution in [-0.2, 0) is 16.9 Å². The van der Waals surface area contributed by atoms with Crippen molar-refractivity contribution in [3.05, 3.63) is 59.5 Å². The Bertz CT molecular complexity index is 1620. The monoisotopic (exact) mass is 466 g/mol. The topological polar surface area (TPSA) is 95.6 Å². The molecule has 4 heterocycles. The SMILES string of the molecule is CCS(=O)(=O)c1ccc(-n2ncc3ccc(Cl)cc32)nc1-c1nc2cc(C)ncc2n1C. The lowest BCUT2D eigenvalue weighted by Crippen LogP contribution is -2.11. The van der Waals surface area contributed by atoms with Crippen molar-refractivity contribution in [2.75, 3.05) is 5.75 Å². The standard InChI is InChI=1S/C22H19ClN6O2S/c1-4-32(30,31)19-7-8-20(29-17-10-15(23)6-5-14(17)11-25-29)27-21(19)22-26-16-9-13(2)24-12-18(16)28(22)3/h5-12H,4H2,1-3H3. The molecule has 0 aliphatic rings. The van der Waals surface area contributed by atoms with Gasteiger partial charge in [0.15, 0.2) is 21.5 Å². The number of aromatic nitrogens is 6. The quantitative estimate of drug-likeness (QED) is 0.395. The molecule has 0 atom stereocenters. The van der Waals surface area contributed by atoms with E-state index in [1.807, 2.05) is 26.1 Å². The van der Waals surface area contributed by atoms with Crippen LogP contribution in [0.25, 0.3) is 39.3 Å². The van der Waals surface area contributed by atoms with Crippen LogP contribution in [0.1, 0.15) is 12.6 Å². The van der Waals surface area contributed by atoms with Crippen molar-refractivity contribution in [2.45, 2.75) is 18.7 Å². The summed E-state index contributed by atoms with van der Waals surface area (Å²) in [6, 6.07) is 10.5. The van der Waals surface area contributed by atoms with Gasteiger partial charge < -0.3 is 4.57 Å². The van der Waals surface area contributed by atoms with Crippen LogP contribution in [0, 0.1) is 6.92 Å². The number of nitrogens with zero attached hydrogens (tertiary/aromatic N) is 6. The van der Waals surface area contributed by atoms with E-state index in [-0.39, 0.29) is 16.3 Å². The third-order valence-corrected chi connectivity index (χ3v) is 7.42. The van der Waals surface area contributed by atoms with Crippen LogP contribution in [0.15, 0.2) is 53.7 Å². The number of fused-ring (bicyclic) bond motifs is 2. The maximum Gasteiger partial charge on any atom is 0.180 e. The molecule has 32 heavy (non-hydrogen) atoms. The van der Waals surface area contributed by atoms with Gasteiger partial charge in [-0.3, -0.25) is 4.98 Å². The Balaban J connectivity index is 1.80. The van der Waals surface area contributed by atoms with E-state index >= 15 is 0 Å². The number of sulfone groups is 1. The summed E-state index contributed by atoms with van der Waals surface area (Å²) >= 11 is 6.18. The summed E-state index contributed by atoms with van der Waals surface area (Å²) in [7, 11) is -1.74. The summed E-state index contributed by atoms with van der Waals surface area (Å²) in [6.07, 6.45) is 3.44. The zero-order valence-electron chi connectivity index (χ0n) is 17.6. The molecule has 0 radical (unpaired) electrons. The molecular weight excluding hydrogens is 448 g/mol. The molecule has 0 aliphatic carbocycles. The van der Waals surface area contributed by atoms with Crippen molar-refractivity contribution < 1.29 is 8.42 Å². The number of hydrogen-bond donors (Lipinski definition) is 0. The number of rotatable bonds is 4. The van der Waals surface area contributed by atoms with Gasteiger partial charge in [0.05, 0.1) is 39.6 Å². The molecule has 4 aromatic heterocycles. The first-order valence-electron chi connectivity index (χ1n) is 9.95. The van der Waals surface area contributed by atoms with Gasteiger partial charge in [-0.1, -0.05) is 18.5 Å². The lowest BCUT2D eigenvalue weighted by molar-refractivity contribution is 0.597. The summed E-state index contributed by atoms with van der Waals surface area (Å²) in [5.41, 5.74) is 3.37. The van der Waals surface area contributed by atoms with Crippen molar-refractivity contribution in [1.82, 2.24) is 29.3 Å². The summed E-state index contributed by atoms with van der Waals surface area (Å²) in [4.78, 5) is 13.9. The smallest absolute Gasteiger partial charge is 0.180 e. The highest BCUT2D eigenvalue weighted by atomic mass is 35.5. The second kappa shape index (κ2) is 7.39. The number of halogens is 1. The summed E-state index contributed by atoms with van der Waals surface area (Å²) in [6.45, 7) is 3.49. The fraction of sp³-hybridized carbons (Fsp3) is 0.182. The van der Waals surface area contributed by atoms with Crippen molar-refractivity contribution in [2.24, 2.45) is 7.05 Å². The molecule has 0 aliphatic heterocycles. The molecular formula is C22H19ClN6O2S. The number of imidazole rings is 1. The molecule has 5 rings (SSSR count). The first-order chi connectivity index (χ1) is 15.3. The van der Waals surface area contributed by atoms with E-state index in [0.717, 1.165) is 27.6 Å². The van der Waals surface area contributed by atoms with Crippen molar-refractivity contribution >= 4 is 43.4 Å². The number of benzene rings is 1. The zero-order valence-corrected chi connectivity index (χ0v) is 19.2. The molecule has 0 saturated carbocycles. The molecule has 0 amide bonds. The fourth-order valence-electron chi connectivity index (χ4n) is 3.70. The first kappa shape index (κ1) is 20.6. The second-order valence-corrected chi connectivity index (χ2v) is 10.2. The molecule has 10 heteroatoms. The molecule has 0 saturated heterocycles. The van der Waals surface area contributed by atoms with Gasteiger partial charge in [0, 0.05) is 23.2 Å². The molecule has 8 nitrogen and oxygen atoms in total. The van der Waals surface area contributed by atoms with E-state index in [9.17, 15) is 8.42 Å². The van der Waals surface area contributed by atoms with Gasteiger partial charge in [-0.2, -0.15) is 5.10 Å². The molecule has 0 bridgehead atoms. The largest absolute Gasteiger partial charge is 0.324 e. The van der Waals surface area contributed by atoms with Gasteiger partial charge in [0.25, 0.3) is 0 Å². The highest BCUT2D eigenvalue weighted by Gasteiger charge is 2.24. The van der Waals surface area contributed by atoms with Gasteiger partial charge in [-0.05, 0) is 43.3 Å². The third-order valence-electron chi connectivity index (χ3n) is 5.42. The van der Waals surface area contributed by atoms with Crippen LogP contribution < -0.4 is 0 Å². The molecule has 162 valence electrons. The Kier molecular flexibility index (Phi) is 4.75.